The standard InChI is InChI=1S/C19H18N4O2S/c1-13-7-6-8-15(11-13)18-21-22-19(23(18)14(2)24)26-12-17(25)20-16-9-4-3-5-10-16/h3-11H,12H2,1-2H3,(H,20,25). The Labute approximate surface area is 155 Å². The van der Waals surface area contributed by atoms with Crippen molar-refractivity contribution in [1.82, 2.24) is 14.8 Å². The van der Waals surface area contributed by atoms with Crippen molar-refractivity contribution in [1.29, 1.82) is 0 Å². The summed E-state index contributed by atoms with van der Waals surface area (Å²) in [7, 11) is 0. The number of nitrogens with one attached hydrogen (secondary N) is 1. The summed E-state index contributed by atoms with van der Waals surface area (Å²) in [5.74, 6) is 0.245. The Morgan fingerprint density at radius 2 is 1.85 bits per heavy atom. The van der Waals surface area contributed by atoms with Crippen molar-refractivity contribution in [2.45, 2.75) is 19.0 Å². The molecule has 0 saturated heterocycles. The van der Waals surface area contributed by atoms with Crippen molar-refractivity contribution < 1.29 is 9.59 Å². The van der Waals surface area contributed by atoms with Crippen molar-refractivity contribution in [2.24, 2.45) is 0 Å². The highest BCUT2D eigenvalue weighted by Gasteiger charge is 2.18. The van der Waals surface area contributed by atoms with Crippen molar-refractivity contribution in [3.63, 3.8) is 0 Å². The number of thioether (sulfide) groups is 1. The fraction of sp³-hybridized carbons (Fsp3) is 0.158. The van der Waals surface area contributed by atoms with Gasteiger partial charge >= 0.3 is 0 Å². The third-order valence-corrected chi connectivity index (χ3v) is 4.54. The summed E-state index contributed by atoms with van der Waals surface area (Å²) in [6, 6.07) is 16.9. The van der Waals surface area contributed by atoms with E-state index < -0.39 is 0 Å². The number of hydrogen-bond acceptors (Lipinski definition) is 5. The molecule has 0 atom stereocenters. The molecule has 2 aromatic carbocycles. The fourth-order valence-electron chi connectivity index (χ4n) is 2.47. The fourth-order valence-corrected chi connectivity index (χ4v) is 3.24. The summed E-state index contributed by atoms with van der Waals surface area (Å²) in [4.78, 5) is 24.2. The Bertz CT molecular complexity index is 938. The van der Waals surface area contributed by atoms with Crippen LogP contribution in [-0.2, 0) is 4.79 Å². The maximum atomic E-state index is 12.1. The highest BCUT2D eigenvalue weighted by Crippen LogP contribution is 2.24. The van der Waals surface area contributed by atoms with Crippen LogP contribution >= 0.6 is 11.8 Å². The van der Waals surface area contributed by atoms with Gasteiger partial charge in [0, 0.05) is 18.2 Å². The van der Waals surface area contributed by atoms with Crippen molar-refractivity contribution in [3.05, 3.63) is 60.2 Å². The van der Waals surface area contributed by atoms with Gasteiger partial charge in [-0.1, -0.05) is 53.7 Å². The van der Waals surface area contributed by atoms with Gasteiger partial charge in [-0.05, 0) is 25.1 Å². The predicted octanol–water partition coefficient (Wildman–Crippen LogP) is 3.64. The summed E-state index contributed by atoms with van der Waals surface area (Å²) >= 11 is 1.18. The van der Waals surface area contributed by atoms with Crippen LogP contribution in [-0.4, -0.2) is 32.3 Å². The van der Waals surface area contributed by atoms with E-state index in [0.717, 1.165) is 16.8 Å². The van der Waals surface area contributed by atoms with E-state index in [0.29, 0.717) is 11.0 Å². The number of carbonyl (C=O) groups is 2. The van der Waals surface area contributed by atoms with Gasteiger partial charge in [0.15, 0.2) is 11.0 Å². The zero-order valence-corrected chi connectivity index (χ0v) is 15.3. The lowest BCUT2D eigenvalue weighted by Crippen LogP contribution is -2.15. The van der Waals surface area contributed by atoms with Crippen LogP contribution in [0.1, 0.15) is 17.3 Å². The smallest absolute Gasteiger partial charge is 0.234 e. The first-order chi connectivity index (χ1) is 12.5. The minimum Gasteiger partial charge on any atom is -0.325 e. The maximum absolute atomic E-state index is 12.1. The van der Waals surface area contributed by atoms with E-state index in [9.17, 15) is 9.59 Å². The molecule has 0 aliphatic heterocycles. The summed E-state index contributed by atoms with van der Waals surface area (Å²) in [6.07, 6.45) is 0. The molecule has 6 nitrogen and oxygen atoms in total. The quantitative estimate of drug-likeness (QED) is 0.698. The molecule has 0 fully saturated rings. The molecular weight excluding hydrogens is 348 g/mol. The predicted molar refractivity (Wildman–Crippen MR) is 102 cm³/mol. The topological polar surface area (TPSA) is 76.9 Å². The Morgan fingerprint density at radius 1 is 1.08 bits per heavy atom. The zero-order valence-electron chi connectivity index (χ0n) is 14.5. The van der Waals surface area contributed by atoms with Gasteiger partial charge in [-0.3, -0.25) is 9.59 Å². The van der Waals surface area contributed by atoms with E-state index in [-0.39, 0.29) is 17.6 Å². The normalized spacial score (nSPS) is 10.5. The molecule has 0 aliphatic carbocycles. The largest absolute Gasteiger partial charge is 0.325 e. The highest BCUT2D eigenvalue weighted by atomic mass is 32.2. The number of aryl methyl sites for hydroxylation is 1. The molecule has 1 aromatic heterocycles. The summed E-state index contributed by atoms with van der Waals surface area (Å²) < 4.78 is 1.44. The van der Waals surface area contributed by atoms with Gasteiger partial charge in [-0.2, -0.15) is 0 Å². The van der Waals surface area contributed by atoms with Crippen LogP contribution in [0.5, 0.6) is 0 Å². The first-order valence-corrected chi connectivity index (χ1v) is 9.04. The number of para-hydroxylation sites is 1. The average Bonchev–Trinajstić information content (AvgIpc) is 3.05. The van der Waals surface area contributed by atoms with E-state index in [1.54, 1.807) is 0 Å². The number of benzene rings is 2. The molecular formula is C19H18N4O2S. The molecule has 0 spiro atoms. The van der Waals surface area contributed by atoms with E-state index in [4.69, 9.17) is 0 Å². The van der Waals surface area contributed by atoms with Crippen molar-refractivity contribution >= 4 is 29.3 Å². The van der Waals surface area contributed by atoms with Crippen LogP contribution in [0, 0.1) is 6.92 Å². The van der Waals surface area contributed by atoms with E-state index in [1.807, 2.05) is 61.5 Å². The molecule has 26 heavy (non-hydrogen) atoms. The van der Waals surface area contributed by atoms with E-state index in [1.165, 1.54) is 23.3 Å². The molecule has 0 unspecified atom stereocenters. The van der Waals surface area contributed by atoms with Gasteiger partial charge in [-0.25, -0.2) is 4.57 Å². The van der Waals surface area contributed by atoms with Crippen LogP contribution in [0.2, 0.25) is 0 Å². The van der Waals surface area contributed by atoms with Crippen LogP contribution in [0.3, 0.4) is 0 Å². The zero-order chi connectivity index (χ0) is 18.5. The maximum Gasteiger partial charge on any atom is 0.234 e. The van der Waals surface area contributed by atoms with Crippen molar-refractivity contribution in [2.75, 3.05) is 11.1 Å². The molecule has 1 N–H and O–H groups in total. The molecule has 0 saturated carbocycles. The van der Waals surface area contributed by atoms with E-state index in [2.05, 4.69) is 15.5 Å². The Balaban J connectivity index is 1.76. The number of carbonyl (C=O) groups excluding carboxylic acids is 2. The number of rotatable bonds is 5. The molecule has 3 rings (SSSR count). The number of amides is 1. The molecule has 0 bridgehead atoms. The second-order valence-corrected chi connectivity index (χ2v) is 6.68. The molecule has 7 heteroatoms. The van der Waals surface area contributed by atoms with Gasteiger partial charge in [0.05, 0.1) is 5.75 Å². The number of aromatic nitrogens is 3. The van der Waals surface area contributed by atoms with Crippen LogP contribution in [0.15, 0.2) is 59.8 Å². The summed E-state index contributed by atoms with van der Waals surface area (Å²) in [5, 5.41) is 11.5. The van der Waals surface area contributed by atoms with Crippen LogP contribution in [0.25, 0.3) is 11.4 Å². The van der Waals surface area contributed by atoms with Gasteiger partial charge < -0.3 is 5.32 Å². The van der Waals surface area contributed by atoms with Crippen molar-refractivity contribution in [3.8, 4) is 11.4 Å². The van der Waals surface area contributed by atoms with Crippen LogP contribution in [0.4, 0.5) is 5.69 Å². The molecule has 0 aliphatic rings. The molecule has 1 amide bonds. The molecule has 1 heterocycles. The van der Waals surface area contributed by atoms with Crippen LogP contribution < -0.4 is 5.32 Å². The monoisotopic (exact) mass is 366 g/mol. The Kier molecular flexibility index (Phi) is 5.48. The van der Waals surface area contributed by atoms with Gasteiger partial charge in [0.1, 0.15) is 0 Å². The lowest BCUT2D eigenvalue weighted by Gasteiger charge is -2.07. The number of anilines is 1. The average molecular weight is 366 g/mol. The summed E-state index contributed by atoms with van der Waals surface area (Å²) in [5.41, 5.74) is 2.61. The molecule has 3 aromatic rings. The van der Waals surface area contributed by atoms with Gasteiger partial charge in [0.2, 0.25) is 11.8 Å². The van der Waals surface area contributed by atoms with Gasteiger partial charge in [0.25, 0.3) is 0 Å². The van der Waals surface area contributed by atoms with Gasteiger partial charge in [-0.15, -0.1) is 10.2 Å². The third kappa shape index (κ3) is 4.18. The molecule has 0 radical (unpaired) electrons. The lowest BCUT2D eigenvalue weighted by molar-refractivity contribution is -0.113. The first kappa shape index (κ1) is 17.9. The minimum absolute atomic E-state index is 0.133. The Morgan fingerprint density at radius 3 is 2.54 bits per heavy atom. The SMILES string of the molecule is CC(=O)n1c(SCC(=O)Nc2ccccc2)nnc1-c1cccc(C)c1. The minimum atomic E-state index is -0.197. The third-order valence-electron chi connectivity index (χ3n) is 3.61. The van der Waals surface area contributed by atoms with E-state index >= 15 is 0 Å². The highest BCUT2D eigenvalue weighted by molar-refractivity contribution is 7.99. The molecule has 132 valence electrons. The second kappa shape index (κ2) is 7.97. The number of nitrogens with zero attached hydrogens (tertiary/aromatic N) is 3. The lowest BCUT2D eigenvalue weighted by atomic mass is 10.1. The summed E-state index contributed by atoms with van der Waals surface area (Å²) in [6.45, 7) is 3.43. The Hall–Kier alpha value is -2.93. The second-order valence-electron chi connectivity index (χ2n) is 5.73. The number of hydrogen-bond donors (Lipinski definition) is 1. The first-order valence-electron chi connectivity index (χ1n) is 8.05.